The number of rotatable bonds is 26. The lowest BCUT2D eigenvalue weighted by Crippen LogP contribution is -2.27. The lowest BCUT2D eigenvalue weighted by Gasteiger charge is -2.25. The van der Waals surface area contributed by atoms with Crippen LogP contribution in [0.3, 0.4) is 0 Å². The fourth-order valence-corrected chi connectivity index (χ4v) is 5.89. The third-order valence-corrected chi connectivity index (χ3v) is 8.31. The summed E-state index contributed by atoms with van der Waals surface area (Å²) in [5, 5.41) is 0. The number of unbranched alkanes of at least 4 members (excludes halogenated alkanes) is 11. The number of hydrogen-bond donors (Lipinski definition) is 2. The summed E-state index contributed by atoms with van der Waals surface area (Å²) in [6.07, 6.45) is 18.1. The van der Waals surface area contributed by atoms with Crippen molar-refractivity contribution in [3.05, 3.63) is 12.7 Å². The van der Waals surface area contributed by atoms with Crippen molar-refractivity contribution in [3.63, 3.8) is 0 Å². The third kappa shape index (κ3) is 14.7. The number of fused-ring (bicyclic) bond motifs is 1. The van der Waals surface area contributed by atoms with Crippen LogP contribution in [-0.2, 0) is 29.8 Å². The molecule has 12 heteroatoms. The topological polar surface area (TPSA) is 144 Å². The van der Waals surface area contributed by atoms with E-state index in [2.05, 4.69) is 21.9 Å². The van der Waals surface area contributed by atoms with Crippen LogP contribution >= 0.6 is 7.60 Å². The van der Waals surface area contributed by atoms with Gasteiger partial charge in [0.15, 0.2) is 17.8 Å². The summed E-state index contributed by atoms with van der Waals surface area (Å²) in [5.41, 5.74) is 6.93. The molecule has 2 aromatic rings. The summed E-state index contributed by atoms with van der Waals surface area (Å²) < 4.78 is 37.5. The molecule has 0 fully saturated rings. The Kier molecular flexibility index (Phi) is 18.4. The van der Waals surface area contributed by atoms with Gasteiger partial charge in [-0.1, -0.05) is 90.9 Å². The molecule has 0 aliphatic carbocycles. The molecule has 2 heterocycles. The van der Waals surface area contributed by atoms with Crippen molar-refractivity contribution in [2.24, 2.45) is 0 Å². The standard InChI is InChI=1S/C30H56N5O6P/c1-5-8-9-10-11-12-13-14-15-16-17-18-19-25(4)40-27(6-2)41-42(36,37)24-39-26(21-38-7-3)20-35-23-34-28-29(31)32-22-33-30(28)35/h22-23,25-27H,5-21,24H2,1-4H3,(H,36,37)(H2,31,32,33)/t25?,26-,27?/m0/s1. The average Bonchev–Trinajstić information content (AvgIpc) is 3.38. The number of hydrogen-bond acceptors (Lipinski definition) is 9. The Morgan fingerprint density at radius 1 is 0.952 bits per heavy atom. The maximum atomic E-state index is 12.9. The van der Waals surface area contributed by atoms with Crippen molar-refractivity contribution in [3.8, 4) is 0 Å². The number of nitrogens with two attached hydrogens (primary N) is 1. The molecule has 2 aromatic heterocycles. The van der Waals surface area contributed by atoms with Gasteiger partial charge in [-0.25, -0.2) is 15.0 Å². The summed E-state index contributed by atoms with van der Waals surface area (Å²) >= 11 is 0. The lowest BCUT2D eigenvalue weighted by atomic mass is 10.0. The maximum Gasteiger partial charge on any atom is 0.355 e. The Balaban J connectivity index is 1.69. The quantitative estimate of drug-likeness (QED) is 0.0634. The van der Waals surface area contributed by atoms with Gasteiger partial charge in [0.05, 0.1) is 31.7 Å². The average molecular weight is 614 g/mol. The molecule has 0 aromatic carbocycles. The van der Waals surface area contributed by atoms with E-state index in [1.807, 2.05) is 20.8 Å². The van der Waals surface area contributed by atoms with Gasteiger partial charge < -0.3 is 29.4 Å². The minimum absolute atomic E-state index is 0.0614. The first kappa shape index (κ1) is 36.6. The van der Waals surface area contributed by atoms with Gasteiger partial charge in [0.25, 0.3) is 0 Å². The molecular weight excluding hydrogens is 557 g/mol. The highest BCUT2D eigenvalue weighted by atomic mass is 31.2. The van der Waals surface area contributed by atoms with Gasteiger partial charge in [-0.2, -0.15) is 0 Å². The maximum absolute atomic E-state index is 12.9. The minimum Gasteiger partial charge on any atom is -0.382 e. The predicted molar refractivity (Wildman–Crippen MR) is 167 cm³/mol. The van der Waals surface area contributed by atoms with Crippen LogP contribution in [0.5, 0.6) is 0 Å². The van der Waals surface area contributed by atoms with E-state index in [4.69, 9.17) is 24.5 Å². The second kappa shape index (κ2) is 21.1. The highest BCUT2D eigenvalue weighted by Crippen LogP contribution is 2.44. The molecule has 242 valence electrons. The van der Waals surface area contributed by atoms with E-state index in [1.54, 1.807) is 10.9 Å². The van der Waals surface area contributed by atoms with E-state index in [1.165, 1.54) is 77.0 Å². The molecule has 0 saturated carbocycles. The monoisotopic (exact) mass is 613 g/mol. The third-order valence-electron chi connectivity index (χ3n) is 7.28. The van der Waals surface area contributed by atoms with Crippen LogP contribution in [0.25, 0.3) is 11.2 Å². The molecule has 0 saturated heterocycles. The van der Waals surface area contributed by atoms with E-state index in [0.717, 1.165) is 12.8 Å². The Labute approximate surface area is 252 Å². The number of nitrogen functional groups attached to an aromatic ring is 1. The molecule has 0 bridgehead atoms. The van der Waals surface area contributed by atoms with Gasteiger partial charge in [-0.15, -0.1) is 0 Å². The number of aromatic nitrogens is 4. The molecule has 0 aliphatic heterocycles. The van der Waals surface area contributed by atoms with E-state index in [9.17, 15) is 9.46 Å². The highest BCUT2D eigenvalue weighted by Gasteiger charge is 2.28. The van der Waals surface area contributed by atoms with Crippen molar-refractivity contribution in [2.75, 3.05) is 25.3 Å². The normalized spacial score (nSPS) is 15.5. The van der Waals surface area contributed by atoms with Crippen molar-refractivity contribution >= 4 is 24.6 Å². The number of ether oxygens (including phenoxy) is 3. The van der Waals surface area contributed by atoms with Crippen molar-refractivity contribution in [1.29, 1.82) is 0 Å². The Morgan fingerprint density at radius 3 is 2.21 bits per heavy atom. The molecule has 2 rings (SSSR count). The zero-order chi connectivity index (χ0) is 30.6. The van der Waals surface area contributed by atoms with E-state index in [0.29, 0.717) is 30.7 Å². The predicted octanol–water partition coefficient (Wildman–Crippen LogP) is 7.22. The molecular formula is C30H56N5O6P. The Hall–Kier alpha value is -1.62. The van der Waals surface area contributed by atoms with Crippen LogP contribution < -0.4 is 5.73 Å². The first-order chi connectivity index (χ1) is 20.3. The highest BCUT2D eigenvalue weighted by molar-refractivity contribution is 7.52. The summed E-state index contributed by atoms with van der Waals surface area (Å²) in [6.45, 7) is 9.01. The minimum atomic E-state index is -4.09. The molecule has 4 atom stereocenters. The Morgan fingerprint density at radius 2 is 1.60 bits per heavy atom. The fourth-order valence-electron chi connectivity index (χ4n) is 4.86. The summed E-state index contributed by atoms with van der Waals surface area (Å²) in [5.74, 6) is 0.285. The molecule has 3 N–H and O–H groups in total. The van der Waals surface area contributed by atoms with Crippen LogP contribution in [0.15, 0.2) is 12.7 Å². The largest absolute Gasteiger partial charge is 0.382 e. The summed E-state index contributed by atoms with van der Waals surface area (Å²) in [6, 6.07) is 0. The van der Waals surface area contributed by atoms with Crippen molar-refractivity contribution < 1.29 is 28.2 Å². The molecule has 3 unspecified atom stereocenters. The van der Waals surface area contributed by atoms with E-state index in [-0.39, 0.29) is 18.5 Å². The molecule has 0 amide bonds. The van der Waals surface area contributed by atoms with Gasteiger partial charge in [0.2, 0.25) is 0 Å². The fraction of sp³-hybridized carbons (Fsp3) is 0.833. The SMILES string of the molecule is CCCCCCCCCCCCCCC(C)OC(CC)OP(=O)(O)CO[C@H](COCC)Cn1cnc2c(N)ncnc21. The zero-order valence-electron chi connectivity index (χ0n) is 26.4. The number of anilines is 1. The van der Waals surface area contributed by atoms with Gasteiger partial charge in [0, 0.05) is 6.61 Å². The van der Waals surface area contributed by atoms with Crippen LogP contribution in [-0.4, -0.2) is 62.5 Å². The van der Waals surface area contributed by atoms with Gasteiger partial charge in [-0.05, 0) is 26.7 Å². The van der Waals surface area contributed by atoms with Gasteiger partial charge in [-0.3, -0.25) is 9.09 Å². The van der Waals surface area contributed by atoms with E-state index < -0.39 is 26.3 Å². The number of nitrogens with zero attached hydrogens (tertiary/aromatic N) is 4. The molecule has 11 nitrogen and oxygen atoms in total. The van der Waals surface area contributed by atoms with Gasteiger partial charge in [0.1, 0.15) is 18.2 Å². The Bertz CT molecular complexity index is 1030. The van der Waals surface area contributed by atoms with Crippen LogP contribution in [0.1, 0.15) is 118 Å². The number of imidazole rings is 1. The smallest absolute Gasteiger partial charge is 0.355 e. The molecule has 42 heavy (non-hydrogen) atoms. The lowest BCUT2D eigenvalue weighted by molar-refractivity contribution is -0.123. The van der Waals surface area contributed by atoms with Crippen molar-refractivity contribution in [1.82, 2.24) is 19.5 Å². The van der Waals surface area contributed by atoms with Crippen LogP contribution in [0.4, 0.5) is 5.82 Å². The van der Waals surface area contributed by atoms with E-state index >= 15 is 0 Å². The molecule has 0 radical (unpaired) electrons. The van der Waals surface area contributed by atoms with Gasteiger partial charge >= 0.3 is 7.60 Å². The second-order valence-electron chi connectivity index (χ2n) is 11.1. The van der Waals surface area contributed by atoms with Crippen molar-refractivity contribution in [2.45, 2.75) is 143 Å². The first-order valence-corrected chi connectivity index (χ1v) is 17.8. The summed E-state index contributed by atoms with van der Waals surface area (Å²) in [7, 11) is -4.09. The zero-order valence-corrected chi connectivity index (χ0v) is 27.3. The van der Waals surface area contributed by atoms with Crippen LogP contribution in [0.2, 0.25) is 0 Å². The second-order valence-corrected chi connectivity index (χ2v) is 12.9. The molecule has 0 aliphatic rings. The molecule has 0 spiro atoms. The first-order valence-electron chi connectivity index (χ1n) is 16.1. The van der Waals surface area contributed by atoms with Crippen LogP contribution in [0, 0.1) is 0 Å². The summed E-state index contributed by atoms with van der Waals surface area (Å²) in [4.78, 5) is 23.0.